The minimum absolute atomic E-state index is 0.118. The number of aromatic carboxylic acids is 1. The molecular formula is C11H11N5O5S2. The smallest absolute Gasteiger partial charge is 0.337 e. The van der Waals surface area contributed by atoms with Gasteiger partial charge in [-0.3, -0.25) is 5.32 Å². The third kappa shape index (κ3) is 3.98. The highest BCUT2D eigenvalue weighted by Crippen LogP contribution is 2.22. The predicted molar refractivity (Wildman–Crippen MR) is 79.9 cm³/mol. The fourth-order valence-corrected chi connectivity index (χ4v) is 3.87. The number of carbonyl (C=O) groups excluding carboxylic acids is 1. The predicted octanol–water partition coefficient (Wildman–Crippen LogP) is 0.759. The third-order valence-corrected chi connectivity index (χ3v) is 5.23. The lowest BCUT2D eigenvalue weighted by atomic mass is 10.4. The Morgan fingerprint density at radius 1 is 1.17 bits per heavy atom. The molecule has 0 saturated carbocycles. The van der Waals surface area contributed by atoms with Crippen LogP contribution >= 0.6 is 11.3 Å². The summed E-state index contributed by atoms with van der Waals surface area (Å²) in [6, 6.07) is 0.0257. The monoisotopic (exact) mass is 357 g/mol. The Kier molecular flexibility index (Phi) is 4.56. The van der Waals surface area contributed by atoms with Crippen LogP contribution in [0.5, 0.6) is 0 Å². The Hall–Kier alpha value is -2.60. The summed E-state index contributed by atoms with van der Waals surface area (Å²) in [6.45, 7) is 3.17. The minimum atomic E-state index is -4.33. The molecule has 0 fully saturated rings. The number of hydrogen-bond donors (Lipinski definition) is 3. The second-order valence-electron chi connectivity index (χ2n) is 4.24. The maximum absolute atomic E-state index is 12.1. The summed E-state index contributed by atoms with van der Waals surface area (Å²) in [5.41, 5.74) is -0.415. The van der Waals surface area contributed by atoms with E-state index in [4.69, 9.17) is 5.11 Å². The average Bonchev–Trinajstić information content (AvgIpc) is 2.86. The molecule has 3 N–H and O–H groups in total. The van der Waals surface area contributed by atoms with E-state index < -0.39 is 31.8 Å². The minimum Gasteiger partial charge on any atom is -0.478 e. The van der Waals surface area contributed by atoms with E-state index in [9.17, 15) is 18.0 Å². The van der Waals surface area contributed by atoms with Crippen molar-refractivity contribution in [1.82, 2.24) is 19.7 Å². The SMILES string of the molecule is Cc1nc(C)nc(NC(=O)NS(=O)(=O)c2sccc2C(=O)O)n1. The molecule has 0 spiro atoms. The molecule has 2 amide bonds. The lowest BCUT2D eigenvalue weighted by Gasteiger charge is -2.07. The largest absolute Gasteiger partial charge is 0.478 e. The van der Waals surface area contributed by atoms with Gasteiger partial charge in [-0.25, -0.2) is 27.7 Å². The van der Waals surface area contributed by atoms with E-state index in [1.807, 2.05) is 0 Å². The summed E-state index contributed by atoms with van der Waals surface area (Å²) in [6.07, 6.45) is 0. The second kappa shape index (κ2) is 6.26. The average molecular weight is 357 g/mol. The number of amides is 2. The summed E-state index contributed by atoms with van der Waals surface area (Å²) in [5, 5.41) is 12.4. The fourth-order valence-electron chi connectivity index (χ4n) is 1.63. The van der Waals surface area contributed by atoms with Crippen LogP contribution in [0.3, 0.4) is 0 Å². The lowest BCUT2D eigenvalue weighted by molar-refractivity contribution is 0.0693. The zero-order chi connectivity index (χ0) is 17.2. The molecule has 0 radical (unpaired) electrons. The topological polar surface area (TPSA) is 151 Å². The van der Waals surface area contributed by atoms with Crippen LogP contribution in [0.4, 0.5) is 10.7 Å². The molecule has 0 aliphatic rings. The number of aromatic nitrogens is 3. The summed E-state index contributed by atoms with van der Waals surface area (Å²) in [7, 11) is -4.33. The first kappa shape index (κ1) is 16.8. The molecule has 2 rings (SSSR count). The van der Waals surface area contributed by atoms with Crippen molar-refractivity contribution in [3.63, 3.8) is 0 Å². The van der Waals surface area contributed by atoms with E-state index in [1.165, 1.54) is 5.38 Å². The van der Waals surface area contributed by atoms with Gasteiger partial charge < -0.3 is 5.11 Å². The number of urea groups is 1. The third-order valence-electron chi connectivity index (χ3n) is 2.42. The quantitative estimate of drug-likeness (QED) is 0.725. The Bertz CT molecular complexity index is 856. The van der Waals surface area contributed by atoms with Crippen molar-refractivity contribution in [3.8, 4) is 0 Å². The first-order valence-corrected chi connectivity index (χ1v) is 8.39. The van der Waals surface area contributed by atoms with Gasteiger partial charge in [-0.2, -0.15) is 9.97 Å². The van der Waals surface area contributed by atoms with Gasteiger partial charge in [-0.1, -0.05) is 0 Å². The summed E-state index contributed by atoms with van der Waals surface area (Å²) in [4.78, 5) is 34.3. The molecule has 0 aliphatic heterocycles. The van der Waals surface area contributed by atoms with Gasteiger partial charge in [0.15, 0.2) is 4.21 Å². The maximum Gasteiger partial charge on any atom is 0.337 e. The standard InChI is InChI=1S/C11H11N5O5S2/c1-5-12-6(2)14-10(13-5)15-11(19)16-23(20,21)9-7(8(17)18)3-4-22-9/h3-4H,1-2H3,(H,17,18)(H2,12,13,14,15,16,19). The number of aryl methyl sites for hydroxylation is 2. The molecule has 2 aromatic rings. The molecular weight excluding hydrogens is 346 g/mol. The molecule has 12 heteroatoms. The maximum atomic E-state index is 12.1. The van der Waals surface area contributed by atoms with Gasteiger partial charge in [0.2, 0.25) is 5.95 Å². The van der Waals surface area contributed by atoms with Crippen LogP contribution in [0.15, 0.2) is 15.7 Å². The van der Waals surface area contributed by atoms with Crippen LogP contribution in [0, 0.1) is 13.8 Å². The van der Waals surface area contributed by atoms with Crippen molar-refractivity contribution in [2.75, 3.05) is 5.32 Å². The number of sulfonamides is 1. The molecule has 0 aliphatic carbocycles. The van der Waals surface area contributed by atoms with Crippen molar-refractivity contribution < 1.29 is 23.1 Å². The normalized spacial score (nSPS) is 11.0. The van der Waals surface area contributed by atoms with Crippen molar-refractivity contribution in [2.45, 2.75) is 18.1 Å². The molecule has 0 bridgehead atoms. The highest BCUT2D eigenvalue weighted by Gasteiger charge is 2.26. The Morgan fingerprint density at radius 2 is 1.78 bits per heavy atom. The highest BCUT2D eigenvalue weighted by atomic mass is 32.2. The number of carboxylic acids is 1. The van der Waals surface area contributed by atoms with E-state index in [0.29, 0.717) is 23.0 Å². The number of nitrogens with zero attached hydrogens (tertiary/aromatic N) is 3. The van der Waals surface area contributed by atoms with Crippen molar-refractivity contribution in [2.24, 2.45) is 0 Å². The second-order valence-corrected chi connectivity index (χ2v) is 7.03. The molecule has 2 heterocycles. The molecule has 122 valence electrons. The van der Waals surface area contributed by atoms with Crippen LogP contribution in [-0.2, 0) is 10.0 Å². The van der Waals surface area contributed by atoms with Gasteiger partial charge in [0.05, 0.1) is 5.56 Å². The lowest BCUT2D eigenvalue weighted by Crippen LogP contribution is -2.35. The van der Waals surface area contributed by atoms with E-state index in [0.717, 1.165) is 6.07 Å². The van der Waals surface area contributed by atoms with Gasteiger partial charge in [0, 0.05) is 0 Å². The molecule has 0 unspecified atom stereocenters. The zero-order valence-corrected chi connectivity index (χ0v) is 13.5. The fraction of sp³-hybridized carbons (Fsp3) is 0.182. The Balaban J connectivity index is 2.18. The van der Waals surface area contributed by atoms with Gasteiger partial charge in [-0.15, -0.1) is 11.3 Å². The molecule has 2 aromatic heterocycles. The van der Waals surface area contributed by atoms with E-state index in [2.05, 4.69) is 20.3 Å². The summed E-state index contributed by atoms with van der Waals surface area (Å²) < 4.78 is 25.4. The number of thiophene rings is 1. The number of rotatable bonds is 4. The first-order valence-electron chi connectivity index (χ1n) is 6.03. The Labute approximate surface area is 134 Å². The zero-order valence-electron chi connectivity index (χ0n) is 11.9. The molecule has 23 heavy (non-hydrogen) atoms. The van der Waals surface area contributed by atoms with Gasteiger partial charge in [0.25, 0.3) is 10.0 Å². The van der Waals surface area contributed by atoms with Crippen molar-refractivity contribution in [3.05, 3.63) is 28.7 Å². The van der Waals surface area contributed by atoms with E-state index in [-0.39, 0.29) is 5.95 Å². The number of hydrogen-bond acceptors (Lipinski definition) is 8. The first-order chi connectivity index (χ1) is 10.7. The van der Waals surface area contributed by atoms with Crippen LogP contribution in [0.1, 0.15) is 22.0 Å². The highest BCUT2D eigenvalue weighted by molar-refractivity contribution is 7.92. The van der Waals surface area contributed by atoms with Gasteiger partial charge in [0.1, 0.15) is 11.6 Å². The summed E-state index contributed by atoms with van der Waals surface area (Å²) >= 11 is 0.685. The molecule has 10 nitrogen and oxygen atoms in total. The molecule has 0 saturated heterocycles. The van der Waals surface area contributed by atoms with Crippen molar-refractivity contribution >= 4 is 39.3 Å². The van der Waals surface area contributed by atoms with E-state index in [1.54, 1.807) is 18.6 Å². The Morgan fingerprint density at radius 3 is 2.35 bits per heavy atom. The van der Waals surface area contributed by atoms with Crippen LogP contribution in [0.25, 0.3) is 0 Å². The number of carboxylic acid groups (broad SMARTS) is 1. The molecule has 0 atom stereocenters. The summed E-state index contributed by atoms with van der Waals surface area (Å²) in [5.74, 6) is -0.827. The van der Waals surface area contributed by atoms with Gasteiger partial charge in [-0.05, 0) is 25.3 Å². The van der Waals surface area contributed by atoms with E-state index >= 15 is 0 Å². The van der Waals surface area contributed by atoms with Crippen LogP contribution in [-0.4, -0.2) is 40.5 Å². The van der Waals surface area contributed by atoms with Gasteiger partial charge >= 0.3 is 12.0 Å². The number of nitrogens with one attached hydrogen (secondary N) is 2. The number of carbonyl (C=O) groups is 2. The van der Waals surface area contributed by atoms with Crippen molar-refractivity contribution in [1.29, 1.82) is 0 Å². The van der Waals surface area contributed by atoms with Crippen LogP contribution < -0.4 is 10.0 Å². The molecule has 0 aromatic carbocycles. The van der Waals surface area contributed by atoms with Crippen LogP contribution in [0.2, 0.25) is 0 Å². The number of anilines is 1.